The lowest BCUT2D eigenvalue weighted by Crippen LogP contribution is -2.07. The normalized spacial score (nSPS) is 12.1. The molecule has 1 heterocycles. The molecule has 15 heavy (non-hydrogen) atoms. The van der Waals surface area contributed by atoms with Crippen molar-refractivity contribution in [1.82, 2.24) is 4.98 Å². The van der Waals surface area contributed by atoms with Crippen LogP contribution in [0.15, 0.2) is 11.1 Å². The first kappa shape index (κ1) is 12.2. The molecule has 0 bridgehead atoms. The summed E-state index contributed by atoms with van der Waals surface area (Å²) in [5.41, 5.74) is 2.79. The van der Waals surface area contributed by atoms with Crippen molar-refractivity contribution in [2.45, 2.75) is 38.5 Å². The number of hydrogen-bond acceptors (Lipinski definition) is 3. The van der Waals surface area contributed by atoms with Crippen molar-refractivity contribution < 1.29 is 8.42 Å². The van der Waals surface area contributed by atoms with E-state index >= 15 is 0 Å². The molecule has 0 saturated carbocycles. The Bertz CT molecular complexity index is 476. The maximum atomic E-state index is 11.5. The van der Waals surface area contributed by atoms with Crippen LogP contribution in [0.4, 0.5) is 0 Å². The Kier molecular flexibility index (Phi) is 3.19. The van der Waals surface area contributed by atoms with E-state index in [1.807, 2.05) is 27.7 Å². The second kappa shape index (κ2) is 3.93. The van der Waals surface area contributed by atoms with Crippen LogP contribution in [0, 0.1) is 13.8 Å². The molecule has 4 heteroatoms. The van der Waals surface area contributed by atoms with E-state index in [1.54, 1.807) is 0 Å². The summed E-state index contributed by atoms with van der Waals surface area (Å²) in [5.74, 6) is 0.291. The summed E-state index contributed by atoms with van der Waals surface area (Å²) in [6, 6.07) is 0. The third kappa shape index (κ3) is 2.37. The van der Waals surface area contributed by atoms with E-state index in [2.05, 4.69) is 4.98 Å². The summed E-state index contributed by atoms with van der Waals surface area (Å²) in [6.45, 7) is 7.85. The van der Waals surface area contributed by atoms with E-state index in [4.69, 9.17) is 0 Å². The van der Waals surface area contributed by atoms with E-state index in [-0.39, 0.29) is 0 Å². The number of hydrogen-bond donors (Lipinski definition) is 0. The molecule has 0 aliphatic carbocycles. The topological polar surface area (TPSA) is 47.0 Å². The molecule has 0 aliphatic heterocycles. The highest BCUT2D eigenvalue weighted by atomic mass is 32.2. The molecule has 0 atom stereocenters. The highest BCUT2D eigenvalue weighted by Gasteiger charge is 2.17. The second-order valence-corrected chi connectivity index (χ2v) is 6.16. The van der Waals surface area contributed by atoms with Gasteiger partial charge in [0.2, 0.25) is 0 Å². The van der Waals surface area contributed by atoms with E-state index in [9.17, 15) is 8.42 Å². The van der Waals surface area contributed by atoms with Crippen LogP contribution < -0.4 is 0 Å². The molecule has 0 fully saturated rings. The zero-order valence-electron chi connectivity index (χ0n) is 9.83. The first-order valence-electron chi connectivity index (χ1n) is 4.91. The van der Waals surface area contributed by atoms with Gasteiger partial charge in [-0.1, -0.05) is 13.8 Å². The summed E-state index contributed by atoms with van der Waals surface area (Å²) in [5, 5.41) is 0. The molecule has 0 amide bonds. The lowest BCUT2D eigenvalue weighted by atomic mass is 9.97. The van der Waals surface area contributed by atoms with Gasteiger partial charge in [0, 0.05) is 18.1 Å². The molecular weight excluding hydrogens is 210 g/mol. The highest BCUT2D eigenvalue weighted by Crippen LogP contribution is 2.26. The number of aromatic nitrogens is 1. The number of sulfone groups is 1. The Balaban J connectivity index is 3.56. The van der Waals surface area contributed by atoms with Crippen molar-refractivity contribution in [2.75, 3.05) is 6.26 Å². The Morgan fingerprint density at radius 1 is 1.27 bits per heavy atom. The maximum Gasteiger partial charge on any atom is 0.177 e. The monoisotopic (exact) mass is 227 g/mol. The summed E-state index contributed by atoms with van der Waals surface area (Å²) >= 11 is 0. The van der Waals surface area contributed by atoms with Crippen LogP contribution in [0.5, 0.6) is 0 Å². The van der Waals surface area contributed by atoms with Crippen molar-refractivity contribution in [2.24, 2.45) is 0 Å². The Labute approximate surface area is 91.5 Å². The molecule has 0 aliphatic rings. The average molecular weight is 227 g/mol. The molecule has 1 aromatic heterocycles. The van der Waals surface area contributed by atoms with Gasteiger partial charge in [0.05, 0.1) is 4.90 Å². The Morgan fingerprint density at radius 3 is 2.20 bits per heavy atom. The molecule has 0 radical (unpaired) electrons. The molecule has 84 valence electrons. The van der Waals surface area contributed by atoms with Crippen LogP contribution in [-0.4, -0.2) is 19.7 Å². The molecule has 1 aromatic rings. The van der Waals surface area contributed by atoms with Crippen molar-refractivity contribution in [3.63, 3.8) is 0 Å². The van der Waals surface area contributed by atoms with Crippen molar-refractivity contribution >= 4 is 9.84 Å². The largest absolute Gasteiger partial charge is 0.260 e. The molecule has 0 spiro atoms. The summed E-state index contributed by atoms with van der Waals surface area (Å²) in [4.78, 5) is 4.49. The van der Waals surface area contributed by atoms with Crippen LogP contribution in [-0.2, 0) is 9.84 Å². The first-order valence-corrected chi connectivity index (χ1v) is 6.80. The first-order chi connectivity index (χ1) is 6.75. The smallest absolute Gasteiger partial charge is 0.177 e. The molecule has 0 unspecified atom stereocenters. The average Bonchev–Trinajstić information content (AvgIpc) is 2.00. The number of nitrogens with zero attached hydrogens (tertiary/aromatic N) is 1. The van der Waals surface area contributed by atoms with E-state index < -0.39 is 9.84 Å². The molecule has 0 aromatic carbocycles. The van der Waals surface area contributed by atoms with Crippen molar-refractivity contribution in [3.8, 4) is 0 Å². The van der Waals surface area contributed by atoms with E-state index in [0.29, 0.717) is 10.8 Å². The fourth-order valence-corrected chi connectivity index (χ4v) is 2.86. The van der Waals surface area contributed by atoms with Crippen LogP contribution in [0.2, 0.25) is 0 Å². The third-order valence-electron chi connectivity index (χ3n) is 2.52. The van der Waals surface area contributed by atoms with Crippen molar-refractivity contribution in [1.29, 1.82) is 0 Å². The van der Waals surface area contributed by atoms with Gasteiger partial charge in [-0.25, -0.2) is 8.42 Å². The van der Waals surface area contributed by atoms with Gasteiger partial charge in [0.25, 0.3) is 0 Å². The van der Waals surface area contributed by atoms with Gasteiger partial charge in [0.1, 0.15) is 0 Å². The fraction of sp³-hybridized carbons (Fsp3) is 0.545. The van der Waals surface area contributed by atoms with Crippen LogP contribution >= 0.6 is 0 Å². The Hall–Kier alpha value is -0.900. The highest BCUT2D eigenvalue weighted by molar-refractivity contribution is 7.90. The fourth-order valence-electron chi connectivity index (χ4n) is 1.95. The van der Waals surface area contributed by atoms with Gasteiger partial charge >= 0.3 is 0 Å². The molecule has 0 saturated heterocycles. The molecular formula is C11H17NO2S. The van der Waals surface area contributed by atoms with Crippen LogP contribution in [0.25, 0.3) is 0 Å². The van der Waals surface area contributed by atoms with Crippen LogP contribution in [0.3, 0.4) is 0 Å². The predicted molar refractivity (Wildman–Crippen MR) is 60.9 cm³/mol. The Morgan fingerprint density at radius 2 is 1.80 bits per heavy atom. The third-order valence-corrected chi connectivity index (χ3v) is 3.73. The van der Waals surface area contributed by atoms with Crippen molar-refractivity contribution in [3.05, 3.63) is 23.0 Å². The molecule has 3 nitrogen and oxygen atoms in total. The van der Waals surface area contributed by atoms with Gasteiger partial charge in [-0.15, -0.1) is 0 Å². The molecule has 0 N–H and O–H groups in total. The standard InChI is InChI=1S/C11H17NO2S/c1-7(2)11-8(3)10(15(5,13)14)6-12-9(11)4/h6-7H,1-5H3. The quantitative estimate of drug-likeness (QED) is 0.778. The summed E-state index contributed by atoms with van der Waals surface area (Å²) in [7, 11) is -3.17. The maximum absolute atomic E-state index is 11.5. The SMILES string of the molecule is Cc1ncc(S(C)(=O)=O)c(C)c1C(C)C. The van der Waals surface area contributed by atoms with Gasteiger partial charge in [-0.2, -0.15) is 0 Å². The number of pyridine rings is 1. The van der Waals surface area contributed by atoms with Gasteiger partial charge in [-0.3, -0.25) is 4.98 Å². The molecule has 1 rings (SSSR count). The van der Waals surface area contributed by atoms with Crippen LogP contribution in [0.1, 0.15) is 36.6 Å². The van der Waals surface area contributed by atoms with Gasteiger partial charge < -0.3 is 0 Å². The second-order valence-electron chi connectivity index (χ2n) is 4.17. The minimum atomic E-state index is -3.17. The summed E-state index contributed by atoms with van der Waals surface area (Å²) in [6.07, 6.45) is 2.67. The van der Waals surface area contributed by atoms with E-state index in [0.717, 1.165) is 16.8 Å². The number of rotatable bonds is 2. The summed E-state index contributed by atoms with van der Waals surface area (Å²) < 4.78 is 23.0. The zero-order valence-corrected chi connectivity index (χ0v) is 10.6. The lowest BCUT2D eigenvalue weighted by molar-refractivity contribution is 0.600. The number of aryl methyl sites for hydroxylation is 1. The lowest BCUT2D eigenvalue weighted by Gasteiger charge is -2.15. The van der Waals surface area contributed by atoms with Gasteiger partial charge in [-0.05, 0) is 30.9 Å². The zero-order chi connectivity index (χ0) is 11.8. The predicted octanol–water partition coefficient (Wildman–Crippen LogP) is 2.23. The van der Waals surface area contributed by atoms with E-state index in [1.165, 1.54) is 12.5 Å². The van der Waals surface area contributed by atoms with Gasteiger partial charge in [0.15, 0.2) is 9.84 Å². The minimum absolute atomic E-state index is 0.291. The minimum Gasteiger partial charge on any atom is -0.260 e.